The summed E-state index contributed by atoms with van der Waals surface area (Å²) in [6.45, 7) is 5.38. The van der Waals surface area contributed by atoms with Crippen LogP contribution in [0.2, 0.25) is 0 Å². The van der Waals surface area contributed by atoms with Crippen LogP contribution in [-0.4, -0.2) is 61.2 Å². The van der Waals surface area contributed by atoms with Gasteiger partial charge in [0.25, 0.3) is 5.91 Å². The van der Waals surface area contributed by atoms with Gasteiger partial charge in [-0.3, -0.25) is 9.69 Å². The van der Waals surface area contributed by atoms with Gasteiger partial charge in [0.15, 0.2) is 0 Å². The molecule has 3 heterocycles. The third kappa shape index (κ3) is 4.03. The molecule has 4 rings (SSSR count). The van der Waals surface area contributed by atoms with E-state index in [-0.39, 0.29) is 12.0 Å². The SMILES string of the molecule is O=C(c1cccc(OC2CN(Cc3ccsc3)C2)c1)N1CCOCC1. The van der Waals surface area contributed by atoms with Gasteiger partial charge in [-0.05, 0) is 40.6 Å². The van der Waals surface area contributed by atoms with Crippen molar-refractivity contribution in [2.24, 2.45) is 0 Å². The van der Waals surface area contributed by atoms with Crippen LogP contribution in [0.25, 0.3) is 0 Å². The van der Waals surface area contributed by atoms with Gasteiger partial charge in [0.1, 0.15) is 11.9 Å². The van der Waals surface area contributed by atoms with E-state index in [0.717, 1.165) is 25.4 Å². The molecule has 1 amide bonds. The first-order chi connectivity index (χ1) is 12.3. The highest BCUT2D eigenvalue weighted by Crippen LogP contribution is 2.22. The van der Waals surface area contributed by atoms with E-state index in [2.05, 4.69) is 21.7 Å². The lowest BCUT2D eigenvalue weighted by molar-refractivity contribution is 0.0144. The monoisotopic (exact) mass is 358 g/mol. The van der Waals surface area contributed by atoms with Gasteiger partial charge in [0.05, 0.1) is 13.2 Å². The molecule has 6 heteroatoms. The summed E-state index contributed by atoms with van der Waals surface area (Å²) in [7, 11) is 0. The molecular weight excluding hydrogens is 336 g/mol. The number of carbonyl (C=O) groups is 1. The fourth-order valence-corrected chi connectivity index (χ4v) is 3.87. The normalized spacial score (nSPS) is 18.8. The molecule has 0 spiro atoms. The van der Waals surface area contributed by atoms with Crippen LogP contribution in [0.5, 0.6) is 5.75 Å². The highest BCUT2D eigenvalue weighted by molar-refractivity contribution is 7.07. The quantitative estimate of drug-likeness (QED) is 0.824. The van der Waals surface area contributed by atoms with E-state index in [9.17, 15) is 4.79 Å². The van der Waals surface area contributed by atoms with Gasteiger partial charge in [0.2, 0.25) is 0 Å². The number of thiophene rings is 1. The summed E-state index contributed by atoms with van der Waals surface area (Å²) < 4.78 is 11.4. The van der Waals surface area contributed by atoms with Gasteiger partial charge in [0, 0.05) is 38.3 Å². The van der Waals surface area contributed by atoms with Gasteiger partial charge in [-0.25, -0.2) is 0 Å². The van der Waals surface area contributed by atoms with E-state index in [1.54, 1.807) is 11.3 Å². The summed E-state index contributed by atoms with van der Waals surface area (Å²) in [4.78, 5) is 16.8. The van der Waals surface area contributed by atoms with Crippen LogP contribution in [0.4, 0.5) is 0 Å². The Morgan fingerprint density at radius 2 is 2.08 bits per heavy atom. The Hall–Kier alpha value is -1.89. The van der Waals surface area contributed by atoms with Crippen molar-refractivity contribution in [3.63, 3.8) is 0 Å². The van der Waals surface area contributed by atoms with Crippen molar-refractivity contribution in [1.29, 1.82) is 0 Å². The molecule has 0 saturated carbocycles. The standard InChI is InChI=1S/C19H22N2O3S/c22-19(21-5-7-23-8-6-21)16-2-1-3-17(10-16)24-18-12-20(13-18)11-15-4-9-25-14-15/h1-4,9-10,14,18H,5-8,11-13H2. The Balaban J connectivity index is 1.31. The fraction of sp³-hybridized carbons (Fsp3) is 0.421. The number of hydrogen-bond donors (Lipinski definition) is 0. The zero-order valence-electron chi connectivity index (χ0n) is 14.1. The third-order valence-electron chi connectivity index (χ3n) is 4.59. The molecule has 1 aromatic heterocycles. The number of ether oxygens (including phenoxy) is 2. The molecule has 0 N–H and O–H groups in total. The van der Waals surface area contributed by atoms with Crippen LogP contribution >= 0.6 is 11.3 Å². The summed E-state index contributed by atoms with van der Waals surface area (Å²) in [6, 6.07) is 9.70. The Morgan fingerprint density at radius 1 is 1.24 bits per heavy atom. The van der Waals surface area contributed by atoms with E-state index in [0.29, 0.717) is 31.9 Å². The highest BCUT2D eigenvalue weighted by atomic mass is 32.1. The second kappa shape index (κ2) is 7.56. The van der Waals surface area contributed by atoms with Crippen molar-refractivity contribution >= 4 is 17.2 Å². The Morgan fingerprint density at radius 3 is 2.84 bits per heavy atom. The summed E-state index contributed by atoms with van der Waals surface area (Å²) in [5.74, 6) is 0.834. The Bertz CT molecular complexity index is 707. The smallest absolute Gasteiger partial charge is 0.254 e. The van der Waals surface area contributed by atoms with Crippen molar-refractivity contribution in [2.75, 3.05) is 39.4 Å². The topological polar surface area (TPSA) is 42.0 Å². The van der Waals surface area contributed by atoms with E-state index in [4.69, 9.17) is 9.47 Å². The van der Waals surface area contributed by atoms with Gasteiger partial charge < -0.3 is 14.4 Å². The maximum Gasteiger partial charge on any atom is 0.254 e. The van der Waals surface area contributed by atoms with Gasteiger partial charge in [-0.15, -0.1) is 0 Å². The lowest BCUT2D eigenvalue weighted by atomic mass is 10.1. The maximum absolute atomic E-state index is 12.6. The summed E-state index contributed by atoms with van der Waals surface area (Å²) >= 11 is 1.73. The van der Waals surface area contributed by atoms with E-state index in [1.165, 1.54) is 5.56 Å². The van der Waals surface area contributed by atoms with Crippen LogP contribution in [-0.2, 0) is 11.3 Å². The lowest BCUT2D eigenvalue weighted by Crippen LogP contribution is -2.53. The number of rotatable bonds is 5. The number of likely N-dealkylation sites (tertiary alicyclic amines) is 1. The van der Waals surface area contributed by atoms with Crippen LogP contribution in [0.3, 0.4) is 0 Å². The number of amides is 1. The van der Waals surface area contributed by atoms with E-state index in [1.807, 2.05) is 29.2 Å². The Labute approximate surface area is 151 Å². The molecule has 2 aliphatic heterocycles. The molecular formula is C19H22N2O3S. The highest BCUT2D eigenvalue weighted by Gasteiger charge is 2.28. The number of benzene rings is 1. The van der Waals surface area contributed by atoms with Crippen molar-refractivity contribution in [3.8, 4) is 5.75 Å². The van der Waals surface area contributed by atoms with Gasteiger partial charge in [-0.2, -0.15) is 11.3 Å². The molecule has 0 bridgehead atoms. The average molecular weight is 358 g/mol. The average Bonchev–Trinajstić information content (AvgIpc) is 3.13. The summed E-state index contributed by atoms with van der Waals surface area (Å²) in [6.07, 6.45) is 0.201. The number of hydrogen-bond acceptors (Lipinski definition) is 5. The predicted octanol–water partition coefficient (Wildman–Crippen LogP) is 2.48. The number of nitrogens with zero attached hydrogens (tertiary/aromatic N) is 2. The van der Waals surface area contributed by atoms with Crippen LogP contribution in [0, 0.1) is 0 Å². The number of morpholine rings is 1. The first-order valence-electron chi connectivity index (χ1n) is 8.65. The van der Waals surface area contributed by atoms with Crippen LogP contribution in [0.15, 0.2) is 41.1 Å². The van der Waals surface area contributed by atoms with Crippen LogP contribution < -0.4 is 4.74 Å². The minimum Gasteiger partial charge on any atom is -0.488 e. The van der Waals surface area contributed by atoms with Crippen molar-refractivity contribution in [1.82, 2.24) is 9.80 Å². The molecule has 2 saturated heterocycles. The van der Waals surface area contributed by atoms with Crippen molar-refractivity contribution < 1.29 is 14.3 Å². The predicted molar refractivity (Wildman–Crippen MR) is 97.2 cm³/mol. The summed E-state index contributed by atoms with van der Waals surface area (Å²) in [5.41, 5.74) is 2.05. The molecule has 0 radical (unpaired) electrons. The number of carbonyl (C=O) groups excluding carboxylic acids is 1. The Kier molecular flexibility index (Phi) is 5.01. The van der Waals surface area contributed by atoms with Gasteiger partial charge in [-0.1, -0.05) is 6.07 Å². The minimum absolute atomic E-state index is 0.0569. The molecule has 5 nitrogen and oxygen atoms in total. The molecule has 2 aliphatic rings. The molecule has 2 fully saturated rings. The second-order valence-corrected chi connectivity index (χ2v) is 7.28. The molecule has 25 heavy (non-hydrogen) atoms. The fourth-order valence-electron chi connectivity index (χ4n) is 3.21. The largest absolute Gasteiger partial charge is 0.488 e. The lowest BCUT2D eigenvalue weighted by Gasteiger charge is -2.38. The first kappa shape index (κ1) is 16.6. The molecule has 0 aliphatic carbocycles. The van der Waals surface area contributed by atoms with Crippen LogP contribution in [0.1, 0.15) is 15.9 Å². The first-order valence-corrected chi connectivity index (χ1v) is 9.59. The molecule has 0 unspecified atom stereocenters. The molecule has 0 atom stereocenters. The van der Waals surface area contributed by atoms with Crippen molar-refractivity contribution in [2.45, 2.75) is 12.6 Å². The van der Waals surface area contributed by atoms with Crippen molar-refractivity contribution in [3.05, 3.63) is 52.2 Å². The third-order valence-corrected chi connectivity index (χ3v) is 5.32. The molecule has 2 aromatic rings. The second-order valence-electron chi connectivity index (χ2n) is 6.50. The molecule has 1 aromatic carbocycles. The zero-order valence-corrected chi connectivity index (χ0v) is 14.9. The molecule has 132 valence electrons. The maximum atomic E-state index is 12.6. The minimum atomic E-state index is 0.0569. The van der Waals surface area contributed by atoms with E-state index >= 15 is 0 Å². The zero-order chi connectivity index (χ0) is 17.1. The van der Waals surface area contributed by atoms with E-state index < -0.39 is 0 Å². The summed E-state index contributed by atoms with van der Waals surface area (Å²) in [5, 5.41) is 4.30. The van der Waals surface area contributed by atoms with Gasteiger partial charge >= 0.3 is 0 Å².